The maximum atomic E-state index is 11.4. The summed E-state index contributed by atoms with van der Waals surface area (Å²) in [6.07, 6.45) is 1.04. The first-order chi connectivity index (χ1) is 6.80. The van der Waals surface area contributed by atoms with Crippen LogP contribution in [0, 0.1) is 5.92 Å². The van der Waals surface area contributed by atoms with Crippen LogP contribution in [0.15, 0.2) is 0 Å². The van der Waals surface area contributed by atoms with Crippen molar-refractivity contribution in [2.45, 2.75) is 52.7 Å². The molecular weight excluding hydrogens is 194 g/mol. The number of carbonyl (C=O) groups is 2. The Labute approximate surface area is 91.4 Å². The van der Waals surface area contributed by atoms with Crippen molar-refractivity contribution in [2.75, 3.05) is 0 Å². The van der Waals surface area contributed by atoms with Gasteiger partial charge in [-0.15, -0.1) is 0 Å². The van der Waals surface area contributed by atoms with Gasteiger partial charge in [0.05, 0.1) is 6.04 Å². The molecule has 15 heavy (non-hydrogen) atoms. The Hall–Kier alpha value is -1.06. The van der Waals surface area contributed by atoms with Crippen LogP contribution in [0.4, 0.5) is 4.79 Å². The molecule has 0 bridgehead atoms. The second-order valence-corrected chi connectivity index (χ2v) is 4.69. The first kappa shape index (κ1) is 13.9. The largest absolute Gasteiger partial charge is 0.444 e. The van der Waals surface area contributed by atoms with E-state index in [0.29, 0.717) is 0 Å². The van der Waals surface area contributed by atoms with Crippen LogP contribution in [0.25, 0.3) is 0 Å². The van der Waals surface area contributed by atoms with Crippen LogP contribution in [0.5, 0.6) is 0 Å². The Kier molecular flexibility index (Phi) is 5.33. The molecule has 0 unspecified atom stereocenters. The molecule has 0 aliphatic heterocycles. The molecule has 0 aromatic heterocycles. The normalized spacial score (nSPS) is 15.3. The van der Waals surface area contributed by atoms with Gasteiger partial charge >= 0.3 is 6.09 Å². The van der Waals surface area contributed by atoms with Crippen molar-refractivity contribution in [2.24, 2.45) is 5.92 Å². The third-order valence-corrected chi connectivity index (χ3v) is 2.09. The van der Waals surface area contributed by atoms with E-state index in [9.17, 15) is 9.59 Å². The standard InChI is InChI=1S/C11H21NO3/c1-6-8(2)9(7-13)12-10(14)15-11(3,4)5/h7-9H,6H2,1-5H3,(H,12,14)/t8-,9+/m1/s1. The van der Waals surface area contributed by atoms with Crippen LogP contribution in [0.1, 0.15) is 41.0 Å². The van der Waals surface area contributed by atoms with E-state index in [-0.39, 0.29) is 5.92 Å². The number of hydrogen-bond acceptors (Lipinski definition) is 3. The fourth-order valence-electron chi connectivity index (χ4n) is 1.01. The highest BCUT2D eigenvalue weighted by Crippen LogP contribution is 2.09. The lowest BCUT2D eigenvalue weighted by atomic mass is 10.0. The molecule has 0 fully saturated rings. The Bertz CT molecular complexity index is 220. The SMILES string of the molecule is CC[C@@H](C)[C@H](C=O)NC(=O)OC(C)(C)C. The zero-order valence-electron chi connectivity index (χ0n) is 10.2. The van der Waals surface area contributed by atoms with Crippen LogP contribution in [-0.2, 0) is 9.53 Å². The van der Waals surface area contributed by atoms with Crippen molar-refractivity contribution in [3.05, 3.63) is 0 Å². The first-order valence-electron chi connectivity index (χ1n) is 5.25. The monoisotopic (exact) mass is 215 g/mol. The van der Waals surface area contributed by atoms with Crippen LogP contribution < -0.4 is 5.32 Å². The van der Waals surface area contributed by atoms with Gasteiger partial charge in [-0.25, -0.2) is 4.79 Å². The maximum Gasteiger partial charge on any atom is 0.408 e. The third-order valence-electron chi connectivity index (χ3n) is 2.09. The molecule has 0 aliphatic carbocycles. The van der Waals surface area contributed by atoms with Crippen molar-refractivity contribution in [3.63, 3.8) is 0 Å². The van der Waals surface area contributed by atoms with Crippen LogP contribution in [0.2, 0.25) is 0 Å². The summed E-state index contributed by atoms with van der Waals surface area (Å²) in [5.74, 6) is 0.120. The maximum absolute atomic E-state index is 11.4. The number of ether oxygens (including phenoxy) is 1. The average Bonchev–Trinajstić information content (AvgIpc) is 2.10. The Balaban J connectivity index is 4.19. The number of carbonyl (C=O) groups excluding carboxylic acids is 2. The van der Waals surface area contributed by atoms with E-state index in [0.717, 1.165) is 12.7 Å². The quantitative estimate of drug-likeness (QED) is 0.731. The summed E-state index contributed by atoms with van der Waals surface area (Å²) < 4.78 is 5.06. The zero-order chi connectivity index (χ0) is 12.1. The molecule has 0 radical (unpaired) electrons. The molecule has 0 aromatic rings. The van der Waals surface area contributed by atoms with Crippen molar-refractivity contribution in [1.82, 2.24) is 5.32 Å². The molecule has 1 amide bonds. The molecule has 88 valence electrons. The molecule has 0 aromatic carbocycles. The van der Waals surface area contributed by atoms with E-state index in [4.69, 9.17) is 4.74 Å². The molecule has 4 nitrogen and oxygen atoms in total. The van der Waals surface area contributed by atoms with Gasteiger partial charge < -0.3 is 14.8 Å². The number of hydrogen-bond donors (Lipinski definition) is 1. The average molecular weight is 215 g/mol. The fourth-order valence-corrected chi connectivity index (χ4v) is 1.01. The topological polar surface area (TPSA) is 55.4 Å². The van der Waals surface area contributed by atoms with Crippen LogP contribution >= 0.6 is 0 Å². The van der Waals surface area contributed by atoms with Gasteiger partial charge in [0.2, 0.25) is 0 Å². The van der Waals surface area contributed by atoms with Crippen molar-refractivity contribution in [3.8, 4) is 0 Å². The van der Waals surface area contributed by atoms with E-state index in [1.165, 1.54) is 0 Å². The highest BCUT2D eigenvalue weighted by Gasteiger charge is 2.21. The molecule has 4 heteroatoms. The minimum absolute atomic E-state index is 0.120. The van der Waals surface area contributed by atoms with Crippen molar-refractivity contribution >= 4 is 12.4 Å². The second kappa shape index (κ2) is 5.73. The molecular formula is C11H21NO3. The van der Waals surface area contributed by atoms with Gasteiger partial charge in [-0.3, -0.25) is 0 Å². The first-order valence-corrected chi connectivity index (χ1v) is 5.25. The summed E-state index contributed by atoms with van der Waals surface area (Å²) in [5.41, 5.74) is -0.535. The third kappa shape index (κ3) is 6.10. The zero-order valence-corrected chi connectivity index (χ0v) is 10.2. The van der Waals surface area contributed by atoms with Gasteiger partial charge in [0.15, 0.2) is 0 Å². The Morgan fingerprint density at radius 3 is 2.33 bits per heavy atom. The highest BCUT2D eigenvalue weighted by molar-refractivity contribution is 5.73. The lowest BCUT2D eigenvalue weighted by Gasteiger charge is -2.23. The molecule has 2 atom stereocenters. The van der Waals surface area contributed by atoms with Crippen molar-refractivity contribution in [1.29, 1.82) is 0 Å². The fraction of sp³-hybridized carbons (Fsp3) is 0.818. The Morgan fingerprint density at radius 1 is 1.47 bits per heavy atom. The summed E-state index contributed by atoms with van der Waals surface area (Å²) in [5, 5.41) is 2.54. The van der Waals surface area contributed by atoms with Crippen LogP contribution in [-0.4, -0.2) is 24.0 Å². The van der Waals surface area contributed by atoms with Crippen molar-refractivity contribution < 1.29 is 14.3 Å². The van der Waals surface area contributed by atoms with Gasteiger partial charge in [0, 0.05) is 0 Å². The van der Waals surface area contributed by atoms with Gasteiger partial charge in [-0.2, -0.15) is 0 Å². The van der Waals surface area contributed by atoms with Gasteiger partial charge in [-0.1, -0.05) is 20.3 Å². The molecule has 0 saturated carbocycles. The lowest BCUT2D eigenvalue weighted by Crippen LogP contribution is -2.43. The number of amides is 1. The number of aldehydes is 1. The smallest absolute Gasteiger partial charge is 0.408 e. The van der Waals surface area contributed by atoms with E-state index < -0.39 is 17.7 Å². The number of alkyl carbamates (subject to hydrolysis) is 1. The van der Waals surface area contributed by atoms with Gasteiger partial charge in [-0.05, 0) is 26.7 Å². The van der Waals surface area contributed by atoms with E-state index in [1.807, 2.05) is 13.8 Å². The highest BCUT2D eigenvalue weighted by atomic mass is 16.6. The van der Waals surface area contributed by atoms with Gasteiger partial charge in [0.25, 0.3) is 0 Å². The summed E-state index contributed by atoms with van der Waals surface area (Å²) in [4.78, 5) is 22.1. The molecule has 0 spiro atoms. The molecule has 0 saturated heterocycles. The van der Waals surface area contributed by atoms with E-state index in [1.54, 1.807) is 20.8 Å². The lowest BCUT2D eigenvalue weighted by molar-refractivity contribution is -0.110. The second-order valence-electron chi connectivity index (χ2n) is 4.69. The Morgan fingerprint density at radius 2 is 2.00 bits per heavy atom. The van der Waals surface area contributed by atoms with E-state index >= 15 is 0 Å². The molecule has 0 aliphatic rings. The molecule has 0 heterocycles. The molecule has 0 rings (SSSR count). The summed E-state index contributed by atoms with van der Waals surface area (Å²) in [6, 6.07) is -0.468. The van der Waals surface area contributed by atoms with Crippen LogP contribution in [0.3, 0.4) is 0 Å². The summed E-state index contributed by atoms with van der Waals surface area (Å²) in [7, 11) is 0. The molecule has 1 N–H and O–H groups in total. The van der Waals surface area contributed by atoms with Gasteiger partial charge in [0.1, 0.15) is 11.9 Å². The predicted molar refractivity (Wildman–Crippen MR) is 58.7 cm³/mol. The minimum atomic E-state index is -0.542. The minimum Gasteiger partial charge on any atom is -0.444 e. The number of nitrogens with one attached hydrogen (secondary N) is 1. The number of rotatable bonds is 4. The predicted octanol–water partition coefficient (Wildman–Crippen LogP) is 2.12. The summed E-state index contributed by atoms with van der Waals surface area (Å²) >= 11 is 0. The van der Waals surface area contributed by atoms with E-state index in [2.05, 4.69) is 5.32 Å². The summed E-state index contributed by atoms with van der Waals surface area (Å²) in [6.45, 7) is 9.23.